The molecule has 0 aromatic heterocycles. The summed E-state index contributed by atoms with van der Waals surface area (Å²) in [4.78, 5) is 26.3. The molecule has 1 unspecified atom stereocenters. The van der Waals surface area contributed by atoms with Crippen molar-refractivity contribution in [3.8, 4) is 16.9 Å². The summed E-state index contributed by atoms with van der Waals surface area (Å²) in [5, 5.41) is 4.12. The zero-order valence-electron chi connectivity index (χ0n) is 19.1. The van der Waals surface area contributed by atoms with Gasteiger partial charge < -0.3 is 15.4 Å². The molecular weight excluding hydrogens is 511 g/mol. The second-order valence-electron chi connectivity index (χ2n) is 8.48. The summed E-state index contributed by atoms with van der Waals surface area (Å²) in [6.07, 6.45) is -4.35. The molecular formula is C25H20F3N3O5S. The third-order valence-corrected chi connectivity index (χ3v) is 8.12. The van der Waals surface area contributed by atoms with Crippen LogP contribution in [0.2, 0.25) is 0 Å². The van der Waals surface area contributed by atoms with Crippen LogP contribution in [0.1, 0.15) is 15.9 Å². The van der Waals surface area contributed by atoms with Gasteiger partial charge in [-0.2, -0.15) is 0 Å². The Morgan fingerprint density at radius 2 is 1.78 bits per heavy atom. The van der Waals surface area contributed by atoms with Crippen molar-refractivity contribution in [2.24, 2.45) is 0 Å². The van der Waals surface area contributed by atoms with Crippen molar-refractivity contribution in [1.82, 2.24) is 10.2 Å². The van der Waals surface area contributed by atoms with Crippen LogP contribution >= 0.6 is 0 Å². The van der Waals surface area contributed by atoms with E-state index in [-0.39, 0.29) is 10.5 Å². The molecule has 0 aliphatic carbocycles. The molecule has 8 nitrogen and oxygen atoms in total. The Bertz CT molecular complexity index is 1490. The molecule has 3 amide bonds. The highest BCUT2D eigenvalue weighted by atomic mass is 32.2. The fourth-order valence-corrected chi connectivity index (χ4v) is 6.22. The van der Waals surface area contributed by atoms with E-state index in [1.807, 2.05) is 6.07 Å². The Kier molecular flexibility index (Phi) is 6.06. The molecule has 1 fully saturated rings. The number of ether oxygens (including phenoxy) is 1. The molecule has 0 saturated carbocycles. The summed E-state index contributed by atoms with van der Waals surface area (Å²) in [7, 11) is -4.18. The standard InChI is InChI=1S/C25H20F3N3O5S/c26-25(27,28)36-17-8-4-7-16(13-17)23(32)31-14-21(30-24(31)33)37(34,35)20-10-9-19-18(11-12-29-19)22(20)15-5-2-1-3-6-15/h1-10,13,21,29H,11-12,14H2,(H,30,33). The highest BCUT2D eigenvalue weighted by Crippen LogP contribution is 2.39. The van der Waals surface area contributed by atoms with Crippen molar-refractivity contribution < 1.29 is 35.9 Å². The predicted molar refractivity (Wildman–Crippen MR) is 128 cm³/mol. The van der Waals surface area contributed by atoms with Crippen molar-refractivity contribution in [2.75, 3.05) is 18.4 Å². The number of alkyl halides is 3. The number of carbonyl (C=O) groups excluding carboxylic acids is 2. The van der Waals surface area contributed by atoms with Gasteiger partial charge >= 0.3 is 12.4 Å². The van der Waals surface area contributed by atoms with Crippen LogP contribution in [0.4, 0.5) is 23.7 Å². The van der Waals surface area contributed by atoms with Crippen LogP contribution in [-0.4, -0.2) is 50.1 Å². The molecule has 2 heterocycles. The molecule has 2 N–H and O–H groups in total. The van der Waals surface area contributed by atoms with Crippen LogP contribution in [-0.2, 0) is 16.3 Å². The van der Waals surface area contributed by atoms with Gasteiger partial charge in [0.1, 0.15) is 5.75 Å². The molecule has 12 heteroatoms. The lowest BCUT2D eigenvalue weighted by Crippen LogP contribution is -2.35. The number of carbonyl (C=O) groups is 2. The molecule has 5 rings (SSSR count). The van der Waals surface area contributed by atoms with Gasteiger partial charge in [-0.05, 0) is 47.9 Å². The largest absolute Gasteiger partial charge is 0.573 e. The first-order valence-corrected chi connectivity index (χ1v) is 12.8. The topological polar surface area (TPSA) is 105 Å². The zero-order chi connectivity index (χ0) is 26.4. The number of benzene rings is 3. The first-order chi connectivity index (χ1) is 17.5. The molecule has 37 heavy (non-hydrogen) atoms. The van der Waals surface area contributed by atoms with Gasteiger partial charge in [0.05, 0.1) is 11.4 Å². The third-order valence-electron chi connectivity index (χ3n) is 6.15. The maximum Gasteiger partial charge on any atom is 0.573 e. The van der Waals surface area contributed by atoms with E-state index in [2.05, 4.69) is 15.4 Å². The van der Waals surface area contributed by atoms with Crippen molar-refractivity contribution in [2.45, 2.75) is 23.1 Å². The van der Waals surface area contributed by atoms with Crippen molar-refractivity contribution >= 4 is 27.5 Å². The lowest BCUT2D eigenvalue weighted by Gasteiger charge is -2.18. The van der Waals surface area contributed by atoms with Crippen LogP contribution in [0.5, 0.6) is 5.75 Å². The SMILES string of the molecule is O=C1NC(S(=O)(=O)c2ccc3c(c2-c2ccccc2)CCN3)CN1C(=O)c1cccc(OC(F)(F)F)c1. The van der Waals surface area contributed by atoms with Gasteiger partial charge in [-0.15, -0.1) is 13.2 Å². The van der Waals surface area contributed by atoms with E-state index in [0.717, 1.165) is 23.4 Å². The number of anilines is 1. The summed E-state index contributed by atoms with van der Waals surface area (Å²) in [5.41, 5.74) is 2.63. The number of rotatable bonds is 5. The number of imide groups is 1. The maximum atomic E-state index is 13.8. The number of halogens is 3. The molecule has 1 saturated heterocycles. The monoisotopic (exact) mass is 531 g/mol. The Hall–Kier alpha value is -4.06. The Morgan fingerprint density at radius 1 is 1.03 bits per heavy atom. The van der Waals surface area contributed by atoms with E-state index in [9.17, 15) is 31.2 Å². The molecule has 2 aliphatic heterocycles. The molecule has 0 radical (unpaired) electrons. The van der Waals surface area contributed by atoms with E-state index in [0.29, 0.717) is 29.0 Å². The van der Waals surface area contributed by atoms with Crippen molar-refractivity contribution in [3.63, 3.8) is 0 Å². The summed E-state index contributed by atoms with van der Waals surface area (Å²) >= 11 is 0. The zero-order valence-corrected chi connectivity index (χ0v) is 19.9. The molecule has 3 aromatic carbocycles. The van der Waals surface area contributed by atoms with Crippen LogP contribution in [0.25, 0.3) is 11.1 Å². The molecule has 0 bridgehead atoms. The van der Waals surface area contributed by atoms with Gasteiger partial charge in [-0.25, -0.2) is 13.2 Å². The van der Waals surface area contributed by atoms with Gasteiger partial charge in [-0.3, -0.25) is 9.69 Å². The number of hydrogen-bond acceptors (Lipinski definition) is 6. The number of fused-ring (bicyclic) bond motifs is 1. The van der Waals surface area contributed by atoms with Crippen LogP contribution in [0.3, 0.4) is 0 Å². The Labute approximate surface area is 210 Å². The van der Waals surface area contributed by atoms with Gasteiger partial charge in [-0.1, -0.05) is 36.4 Å². The summed E-state index contributed by atoms with van der Waals surface area (Å²) < 4.78 is 69.1. The van der Waals surface area contributed by atoms with E-state index in [1.165, 1.54) is 18.2 Å². The van der Waals surface area contributed by atoms with Crippen molar-refractivity contribution in [3.05, 3.63) is 77.9 Å². The normalized spacial score (nSPS) is 17.2. The van der Waals surface area contributed by atoms with E-state index >= 15 is 0 Å². The highest BCUT2D eigenvalue weighted by Gasteiger charge is 2.43. The van der Waals surface area contributed by atoms with Gasteiger partial charge in [0.2, 0.25) is 9.84 Å². The first kappa shape index (κ1) is 24.6. The minimum atomic E-state index is -4.96. The van der Waals surface area contributed by atoms with E-state index < -0.39 is 45.8 Å². The fourth-order valence-electron chi connectivity index (χ4n) is 4.53. The summed E-state index contributed by atoms with van der Waals surface area (Å²) in [6.45, 7) is 0.131. The van der Waals surface area contributed by atoms with Crippen LogP contribution in [0, 0.1) is 0 Å². The third kappa shape index (κ3) is 4.71. The quantitative estimate of drug-likeness (QED) is 0.512. The minimum Gasteiger partial charge on any atom is -0.406 e. The minimum absolute atomic E-state index is 0.0151. The maximum absolute atomic E-state index is 13.8. The molecule has 0 spiro atoms. The second kappa shape index (κ2) is 9.11. The lowest BCUT2D eigenvalue weighted by molar-refractivity contribution is -0.274. The van der Waals surface area contributed by atoms with E-state index in [1.54, 1.807) is 30.3 Å². The van der Waals surface area contributed by atoms with Gasteiger partial charge in [0.15, 0.2) is 5.37 Å². The van der Waals surface area contributed by atoms with Gasteiger partial charge in [0, 0.05) is 23.4 Å². The molecule has 1 atom stereocenters. The summed E-state index contributed by atoms with van der Waals surface area (Å²) in [6, 6.07) is 15.4. The number of nitrogens with zero attached hydrogens (tertiary/aromatic N) is 1. The average Bonchev–Trinajstić information content (AvgIpc) is 3.49. The van der Waals surface area contributed by atoms with Crippen LogP contribution < -0.4 is 15.4 Å². The Morgan fingerprint density at radius 3 is 2.51 bits per heavy atom. The summed E-state index contributed by atoms with van der Waals surface area (Å²) in [5.74, 6) is -1.59. The fraction of sp³-hybridized carbons (Fsp3) is 0.200. The predicted octanol–water partition coefficient (Wildman–Crippen LogP) is 4.19. The number of amides is 3. The Balaban J connectivity index is 1.46. The first-order valence-electron chi connectivity index (χ1n) is 11.2. The van der Waals surface area contributed by atoms with Crippen LogP contribution in [0.15, 0.2) is 71.6 Å². The number of urea groups is 1. The van der Waals surface area contributed by atoms with Crippen molar-refractivity contribution in [1.29, 1.82) is 0 Å². The number of sulfone groups is 1. The highest BCUT2D eigenvalue weighted by molar-refractivity contribution is 7.92. The molecule has 192 valence electrons. The second-order valence-corrected chi connectivity index (χ2v) is 10.6. The lowest BCUT2D eigenvalue weighted by atomic mass is 9.98. The molecule has 2 aliphatic rings. The molecule has 3 aromatic rings. The smallest absolute Gasteiger partial charge is 0.406 e. The number of nitrogens with one attached hydrogen (secondary N) is 2. The van der Waals surface area contributed by atoms with E-state index in [4.69, 9.17) is 0 Å². The number of hydrogen-bond donors (Lipinski definition) is 2. The van der Waals surface area contributed by atoms with Gasteiger partial charge in [0.25, 0.3) is 5.91 Å². The average molecular weight is 532 g/mol.